The number of urea groups is 2. The highest BCUT2D eigenvalue weighted by atomic mass is 16.2. The molecular weight excluding hydrogens is 480 g/mol. The number of carbonyl (C=O) groups excluding carboxylic acids is 6. The van der Waals surface area contributed by atoms with Crippen LogP contribution in [-0.2, 0) is 25.6 Å². The molecular formula is C25H28N6O6. The fourth-order valence-electron chi connectivity index (χ4n) is 5.83. The maximum absolute atomic E-state index is 13.7. The molecule has 0 bridgehead atoms. The quantitative estimate of drug-likeness (QED) is 0.291. The molecule has 8 amide bonds. The Bertz CT molecular complexity index is 1270. The standard InChI is InChI=1S/C25H28N6O6/c1-26-8-9-31-17-7-6-14(11-16-19(32)27(2)23(36)28(3)20(16)33)10-15(17)12-25(18(31)13-26)21(34)29(4)24(37)30(5)22(25)35/h6-7,10-11,18H,8-9,12-13H2,1-5H3. The smallest absolute Gasteiger partial charge is 0.333 e. The number of barbiturate groups is 2. The number of hydrogen-bond acceptors (Lipinski definition) is 8. The summed E-state index contributed by atoms with van der Waals surface area (Å²) in [4.78, 5) is 85.3. The van der Waals surface area contributed by atoms with Gasteiger partial charge in [0.15, 0.2) is 5.41 Å². The maximum atomic E-state index is 13.7. The van der Waals surface area contributed by atoms with E-state index >= 15 is 0 Å². The second-order valence-corrected chi connectivity index (χ2v) is 10.1. The molecule has 37 heavy (non-hydrogen) atoms. The Morgan fingerprint density at radius 2 is 1.35 bits per heavy atom. The van der Waals surface area contributed by atoms with Crippen LogP contribution in [0.25, 0.3) is 6.08 Å². The normalized spacial score (nSPS) is 24.3. The van der Waals surface area contributed by atoms with Gasteiger partial charge in [-0.25, -0.2) is 9.59 Å². The van der Waals surface area contributed by atoms with Gasteiger partial charge in [0.2, 0.25) is 11.8 Å². The molecule has 0 aliphatic carbocycles. The number of fused-ring (bicyclic) bond motifs is 4. The summed E-state index contributed by atoms with van der Waals surface area (Å²) in [6.45, 7) is 1.77. The van der Waals surface area contributed by atoms with Crippen molar-refractivity contribution in [2.45, 2.75) is 12.5 Å². The highest BCUT2D eigenvalue weighted by Crippen LogP contribution is 2.47. The first kappa shape index (κ1) is 24.6. The van der Waals surface area contributed by atoms with Crippen molar-refractivity contribution in [2.75, 3.05) is 59.8 Å². The van der Waals surface area contributed by atoms with Crippen LogP contribution in [0.3, 0.4) is 0 Å². The Balaban J connectivity index is 1.63. The minimum absolute atomic E-state index is 0.0637. The number of imide groups is 4. The van der Waals surface area contributed by atoms with Gasteiger partial charge >= 0.3 is 12.1 Å². The van der Waals surface area contributed by atoms with Crippen molar-refractivity contribution in [2.24, 2.45) is 5.41 Å². The van der Waals surface area contributed by atoms with Crippen molar-refractivity contribution < 1.29 is 28.8 Å². The number of rotatable bonds is 1. The summed E-state index contributed by atoms with van der Waals surface area (Å²) in [5, 5.41) is 0. The summed E-state index contributed by atoms with van der Waals surface area (Å²) in [5.41, 5.74) is 0.403. The largest absolute Gasteiger partial charge is 0.364 e. The minimum atomic E-state index is -1.51. The van der Waals surface area contributed by atoms with Crippen molar-refractivity contribution >= 4 is 47.5 Å². The number of benzene rings is 1. The highest BCUT2D eigenvalue weighted by molar-refractivity contribution is 6.30. The molecule has 0 saturated carbocycles. The molecule has 1 atom stereocenters. The summed E-state index contributed by atoms with van der Waals surface area (Å²) in [6, 6.07) is 3.53. The molecule has 4 heterocycles. The third-order valence-corrected chi connectivity index (χ3v) is 7.94. The molecule has 1 aromatic rings. The lowest BCUT2D eigenvalue weighted by Gasteiger charge is -2.55. The minimum Gasteiger partial charge on any atom is -0.364 e. The van der Waals surface area contributed by atoms with Crippen molar-refractivity contribution in [3.05, 3.63) is 34.9 Å². The third kappa shape index (κ3) is 3.31. The number of piperazine rings is 1. The van der Waals surface area contributed by atoms with Crippen LogP contribution in [0.2, 0.25) is 0 Å². The zero-order valence-corrected chi connectivity index (χ0v) is 21.3. The molecule has 12 nitrogen and oxygen atoms in total. The van der Waals surface area contributed by atoms with Crippen LogP contribution in [0.15, 0.2) is 23.8 Å². The number of carbonyl (C=O) groups is 6. The number of hydrogen-bond donors (Lipinski definition) is 0. The molecule has 4 aliphatic rings. The van der Waals surface area contributed by atoms with E-state index in [2.05, 4.69) is 9.80 Å². The summed E-state index contributed by atoms with van der Waals surface area (Å²) >= 11 is 0. The van der Waals surface area contributed by atoms with E-state index in [-0.39, 0.29) is 12.0 Å². The topological polar surface area (TPSA) is 122 Å². The summed E-state index contributed by atoms with van der Waals surface area (Å²) in [6.07, 6.45) is 1.48. The molecule has 194 valence electrons. The molecule has 1 unspecified atom stereocenters. The number of anilines is 1. The molecule has 3 fully saturated rings. The van der Waals surface area contributed by atoms with Gasteiger partial charge in [-0.1, -0.05) is 6.07 Å². The van der Waals surface area contributed by atoms with E-state index in [0.29, 0.717) is 24.2 Å². The van der Waals surface area contributed by atoms with Crippen molar-refractivity contribution in [1.29, 1.82) is 0 Å². The first-order chi connectivity index (χ1) is 17.4. The molecule has 4 aliphatic heterocycles. The van der Waals surface area contributed by atoms with E-state index in [1.165, 1.54) is 34.3 Å². The molecule has 1 aromatic carbocycles. The van der Waals surface area contributed by atoms with Crippen LogP contribution in [0.5, 0.6) is 0 Å². The van der Waals surface area contributed by atoms with Crippen LogP contribution in [-0.4, -0.2) is 121 Å². The van der Waals surface area contributed by atoms with Crippen molar-refractivity contribution in [3.8, 4) is 0 Å². The van der Waals surface area contributed by atoms with Crippen LogP contribution < -0.4 is 4.90 Å². The Morgan fingerprint density at radius 3 is 1.95 bits per heavy atom. The summed E-state index contributed by atoms with van der Waals surface area (Å²) in [5.74, 6) is -2.50. The van der Waals surface area contributed by atoms with Crippen LogP contribution in [0.1, 0.15) is 11.1 Å². The third-order valence-electron chi connectivity index (χ3n) is 7.94. The molecule has 0 N–H and O–H groups in total. The zero-order chi connectivity index (χ0) is 27.0. The predicted octanol–water partition coefficient (Wildman–Crippen LogP) is -0.166. The molecule has 0 aromatic heterocycles. The Kier molecular flexibility index (Phi) is 5.48. The Morgan fingerprint density at radius 1 is 0.784 bits per heavy atom. The molecule has 12 heteroatoms. The van der Waals surface area contributed by atoms with Gasteiger partial charge in [0, 0.05) is 53.5 Å². The van der Waals surface area contributed by atoms with Gasteiger partial charge in [0.1, 0.15) is 5.57 Å². The zero-order valence-electron chi connectivity index (χ0n) is 21.3. The van der Waals surface area contributed by atoms with Gasteiger partial charge in [-0.2, -0.15) is 0 Å². The SMILES string of the molecule is CN1CCN2c3ccc(C=C4C(=O)N(C)C(=O)N(C)C4=O)cc3CC3(C(=O)N(C)C(=O)N(C)C3=O)C2C1. The van der Waals surface area contributed by atoms with Gasteiger partial charge in [0.25, 0.3) is 11.8 Å². The van der Waals surface area contributed by atoms with E-state index in [1.807, 2.05) is 13.1 Å². The monoisotopic (exact) mass is 508 g/mol. The van der Waals surface area contributed by atoms with E-state index in [0.717, 1.165) is 31.8 Å². The predicted molar refractivity (Wildman–Crippen MR) is 131 cm³/mol. The van der Waals surface area contributed by atoms with Gasteiger partial charge < -0.3 is 9.80 Å². The van der Waals surface area contributed by atoms with E-state index in [1.54, 1.807) is 12.1 Å². The maximum Gasteiger partial charge on any atom is 0.333 e. The van der Waals surface area contributed by atoms with Crippen molar-refractivity contribution in [1.82, 2.24) is 24.5 Å². The first-order valence-corrected chi connectivity index (χ1v) is 11.9. The molecule has 3 saturated heterocycles. The van der Waals surface area contributed by atoms with Gasteiger partial charge in [-0.15, -0.1) is 0 Å². The van der Waals surface area contributed by atoms with Gasteiger partial charge in [-0.3, -0.25) is 38.8 Å². The van der Waals surface area contributed by atoms with Crippen LogP contribution in [0, 0.1) is 5.41 Å². The van der Waals surface area contributed by atoms with E-state index < -0.39 is 47.1 Å². The number of amides is 8. The fraction of sp³-hybridized carbons (Fsp3) is 0.440. The van der Waals surface area contributed by atoms with Gasteiger partial charge in [-0.05, 0) is 42.8 Å². The first-order valence-electron chi connectivity index (χ1n) is 11.9. The van der Waals surface area contributed by atoms with Crippen LogP contribution in [0.4, 0.5) is 15.3 Å². The van der Waals surface area contributed by atoms with Crippen molar-refractivity contribution in [3.63, 3.8) is 0 Å². The Labute approximate surface area is 213 Å². The van der Waals surface area contributed by atoms with Gasteiger partial charge in [0.05, 0.1) is 6.04 Å². The lowest BCUT2D eigenvalue weighted by Crippen LogP contribution is -2.74. The summed E-state index contributed by atoms with van der Waals surface area (Å²) in [7, 11) is 7.32. The van der Waals surface area contributed by atoms with E-state index in [4.69, 9.17) is 0 Å². The molecule has 1 spiro atoms. The fourth-order valence-corrected chi connectivity index (χ4v) is 5.83. The lowest BCUT2D eigenvalue weighted by atomic mass is 9.67. The van der Waals surface area contributed by atoms with E-state index in [9.17, 15) is 28.8 Å². The average Bonchev–Trinajstić information content (AvgIpc) is 2.89. The average molecular weight is 509 g/mol. The number of nitrogens with zero attached hydrogens (tertiary/aromatic N) is 6. The highest BCUT2D eigenvalue weighted by Gasteiger charge is 2.63. The molecule has 0 radical (unpaired) electrons. The lowest BCUT2D eigenvalue weighted by molar-refractivity contribution is -0.160. The second-order valence-electron chi connectivity index (χ2n) is 10.1. The number of likely N-dealkylation sites (N-methyl/N-ethyl adjacent to an activating group) is 3. The summed E-state index contributed by atoms with van der Waals surface area (Å²) < 4.78 is 0. The molecule has 5 rings (SSSR count). The Hall–Kier alpha value is -4.06. The second kappa shape index (κ2) is 8.23. The van der Waals surface area contributed by atoms with Crippen LogP contribution >= 0.6 is 0 Å².